The van der Waals surface area contributed by atoms with Crippen LogP contribution >= 0.6 is 0 Å². The molecule has 0 radical (unpaired) electrons. The maximum Gasteiger partial charge on any atom is 0.135 e. The van der Waals surface area contributed by atoms with E-state index in [9.17, 15) is 36.7 Å². The van der Waals surface area contributed by atoms with Crippen molar-refractivity contribution >= 4 is 23.1 Å². The zero-order valence-corrected chi connectivity index (χ0v) is 86.8. The molecule has 1 fully saturated rings. The van der Waals surface area contributed by atoms with Gasteiger partial charge in [0.1, 0.15) is 119 Å². The summed E-state index contributed by atoms with van der Waals surface area (Å²) < 4.78 is 105. The second kappa shape index (κ2) is 49.6. The summed E-state index contributed by atoms with van der Waals surface area (Å²) in [6, 6.07) is 75.1. The number of carbonyl (C=O) groups is 4. The molecule has 0 bridgehead atoms. The monoisotopic (exact) mass is 1910 g/mol. The number of carbonyl (C=O) groups excluding carboxylic acids is 4. The number of ketones is 4. The van der Waals surface area contributed by atoms with Gasteiger partial charge in [0.15, 0.2) is 0 Å². The summed E-state index contributed by atoms with van der Waals surface area (Å²) in [6.45, 7) is 41.3. The summed E-state index contributed by atoms with van der Waals surface area (Å²) in [4.78, 5) is 46.9. The Labute approximate surface area is 835 Å². The zero-order chi connectivity index (χ0) is 103. The van der Waals surface area contributed by atoms with Crippen molar-refractivity contribution in [3.63, 3.8) is 0 Å². The number of methoxy groups -OCH3 is 4. The van der Waals surface area contributed by atoms with E-state index in [-0.39, 0.29) is 85.3 Å². The van der Waals surface area contributed by atoms with Crippen LogP contribution in [0.2, 0.25) is 0 Å². The molecule has 1 saturated carbocycles. The lowest BCUT2D eigenvalue weighted by Crippen LogP contribution is -2.23. The average Bonchev–Trinajstić information content (AvgIpc) is 0.977. The fraction of sp³-hybridized carbons (Fsp3) is 0.360. The summed E-state index contributed by atoms with van der Waals surface area (Å²) in [5.74, 6) is 18.2. The molecule has 3 atom stereocenters. The Hall–Kier alpha value is -13.4. The summed E-state index contributed by atoms with van der Waals surface area (Å²) in [7, 11) is 6.33. The largest absolute Gasteiger partial charge is 0.497 e. The molecule has 141 heavy (non-hydrogen) atoms. The fourth-order valence-corrected chi connectivity index (χ4v) is 16.9. The van der Waals surface area contributed by atoms with Crippen LogP contribution in [0.25, 0.3) is 44.5 Å². The molecule has 12 aromatic carbocycles. The van der Waals surface area contributed by atoms with Gasteiger partial charge in [0.2, 0.25) is 0 Å². The van der Waals surface area contributed by atoms with Crippen LogP contribution in [0.15, 0.2) is 243 Å². The standard InChI is InChI=1S/2C32H35FO3.C31H35FO3.C30H35FO3/c2*1-7-8-9-25(18-22(2)34)24-11-13-26(14-12-24)36-21-23-10-16-30(32(3,4)5)28(19-23)29-20-27(35-6)15-17-31(29)33;1-20(33)16-26(22-7-8-22)23-9-11-24(12-10-23)35-19-21-6-14-29(31(2,3)4)27(17-21)28-18-25(34-5)13-15-30(28)32;1-20(32)30(5,6)18-21-8-11-23(12-9-21)34-19-22-10-14-27(29(2,3)4)25(16-22)26-17-24(33-7)13-15-28(26)31/h2*10-17,19-20,25H,7,18,21H2,1-6H3;6,9-15,17-18,22,26H,7-8,16,19H2,1-5H3;8-17H,18-19H2,1-7H3/t2*25-;;/m10../s1. The molecule has 0 amide bonds. The Morgan fingerprint density at radius 3 is 0.773 bits per heavy atom. The Kier molecular flexibility index (Phi) is 38.5. The van der Waals surface area contributed by atoms with E-state index in [1.165, 1.54) is 42.7 Å². The van der Waals surface area contributed by atoms with Crippen LogP contribution in [0.4, 0.5) is 17.6 Å². The molecule has 1 aliphatic carbocycles. The smallest absolute Gasteiger partial charge is 0.135 e. The van der Waals surface area contributed by atoms with E-state index >= 15 is 0 Å². The molecule has 0 N–H and O–H groups in total. The normalized spacial score (nSPS) is 12.5. The number of ether oxygens (including phenoxy) is 8. The van der Waals surface area contributed by atoms with Crippen LogP contribution in [-0.4, -0.2) is 51.6 Å². The highest BCUT2D eigenvalue weighted by atomic mass is 19.1. The van der Waals surface area contributed by atoms with Gasteiger partial charge in [-0.1, -0.05) is 220 Å². The highest BCUT2D eigenvalue weighted by molar-refractivity contribution is 5.82. The summed E-state index contributed by atoms with van der Waals surface area (Å²) >= 11 is 0. The van der Waals surface area contributed by atoms with E-state index < -0.39 is 0 Å². The van der Waals surface area contributed by atoms with Crippen molar-refractivity contribution in [2.75, 3.05) is 28.4 Å². The van der Waals surface area contributed by atoms with E-state index in [0.29, 0.717) is 109 Å². The van der Waals surface area contributed by atoms with Crippen molar-refractivity contribution in [3.8, 4) is 114 Å². The van der Waals surface area contributed by atoms with E-state index in [1.807, 2.05) is 161 Å². The van der Waals surface area contributed by atoms with E-state index in [1.54, 1.807) is 105 Å². The van der Waals surface area contributed by atoms with E-state index in [2.05, 4.69) is 143 Å². The van der Waals surface area contributed by atoms with Crippen LogP contribution in [0.3, 0.4) is 0 Å². The minimum Gasteiger partial charge on any atom is -0.497 e. The van der Waals surface area contributed by atoms with Gasteiger partial charge >= 0.3 is 0 Å². The van der Waals surface area contributed by atoms with Crippen molar-refractivity contribution in [3.05, 3.63) is 333 Å². The minimum atomic E-state index is -0.386. The van der Waals surface area contributed by atoms with Crippen LogP contribution in [0.1, 0.15) is 268 Å². The van der Waals surface area contributed by atoms with Crippen molar-refractivity contribution in [2.24, 2.45) is 11.3 Å². The van der Waals surface area contributed by atoms with Crippen molar-refractivity contribution < 1.29 is 74.6 Å². The molecular formula is C125H140F4O12. The molecule has 0 aromatic heterocycles. The van der Waals surface area contributed by atoms with Crippen molar-refractivity contribution in [1.29, 1.82) is 0 Å². The third kappa shape index (κ3) is 31.8. The summed E-state index contributed by atoms with van der Waals surface area (Å²) in [5, 5.41) is 0. The number of benzene rings is 12. The minimum absolute atomic E-state index is 0.109. The molecule has 1 aliphatic rings. The van der Waals surface area contributed by atoms with Gasteiger partial charge in [0, 0.05) is 59.8 Å². The number of halogens is 4. The van der Waals surface area contributed by atoms with Crippen LogP contribution in [0.5, 0.6) is 46.0 Å². The number of Topliss-reactive ketones (excluding diaryl/α,β-unsaturated/α-hetero) is 4. The van der Waals surface area contributed by atoms with E-state index in [0.717, 1.165) is 119 Å². The first-order valence-corrected chi connectivity index (χ1v) is 48.6. The topological polar surface area (TPSA) is 142 Å². The van der Waals surface area contributed by atoms with Gasteiger partial charge in [-0.2, -0.15) is 0 Å². The van der Waals surface area contributed by atoms with Gasteiger partial charge in [-0.15, -0.1) is 11.8 Å². The predicted octanol–water partition coefficient (Wildman–Crippen LogP) is 31.1. The summed E-state index contributed by atoms with van der Waals surface area (Å²) in [6.07, 6.45) is 6.01. The van der Waals surface area contributed by atoms with Crippen molar-refractivity contribution in [2.45, 2.75) is 256 Å². The maximum absolute atomic E-state index is 14.9. The quantitative estimate of drug-likeness (QED) is 0.0285. The Bertz CT molecular complexity index is 6210. The SMILES string of the molecule is CCC#C[C@@H](CC(C)=O)c1ccc(OCc2ccc(C(C)(C)C)c(-c3cc(OC)ccc3F)c2)cc1.CCC#C[C@H](CC(C)=O)c1ccc(OCc2ccc(C(C)(C)C)c(-c3cc(OC)ccc3F)c2)cc1.COc1ccc(F)c(-c2cc(COc3ccc(C(CC(C)=O)C4CC4)cc3)ccc2C(C)(C)C)c1.COc1ccc(F)c(-c2cc(COc3ccc(CC(C)(C)C(C)=O)cc3)ccc2C(C)(C)C)c1. The Morgan fingerprint density at radius 1 is 0.305 bits per heavy atom. The average molecular weight is 1910 g/mol. The lowest BCUT2D eigenvalue weighted by molar-refractivity contribution is -0.125. The fourth-order valence-electron chi connectivity index (χ4n) is 16.9. The second-order valence-corrected chi connectivity index (χ2v) is 41.1. The molecular weight excluding hydrogens is 1770 g/mol. The predicted molar refractivity (Wildman–Crippen MR) is 563 cm³/mol. The first kappa shape index (κ1) is 110. The molecule has 16 heteroatoms. The lowest BCUT2D eigenvalue weighted by Gasteiger charge is -2.24. The number of hydrogen-bond acceptors (Lipinski definition) is 12. The number of rotatable bonds is 33. The van der Waals surface area contributed by atoms with Gasteiger partial charge in [-0.3, -0.25) is 14.4 Å². The Balaban J connectivity index is 0.000000193. The lowest BCUT2D eigenvalue weighted by atomic mass is 9.81. The molecule has 13 rings (SSSR count). The number of hydrogen-bond donors (Lipinski definition) is 0. The summed E-state index contributed by atoms with van der Waals surface area (Å²) in [5.41, 5.74) is 16.7. The molecule has 1 unspecified atom stereocenters. The molecule has 12 nitrogen and oxygen atoms in total. The zero-order valence-electron chi connectivity index (χ0n) is 86.8. The van der Waals surface area contributed by atoms with Gasteiger partial charge in [0.05, 0.1) is 40.3 Å². The van der Waals surface area contributed by atoms with Crippen LogP contribution < -0.4 is 37.9 Å². The molecule has 0 spiro atoms. The molecule has 0 heterocycles. The van der Waals surface area contributed by atoms with Gasteiger partial charge < -0.3 is 42.7 Å². The van der Waals surface area contributed by atoms with Gasteiger partial charge in [-0.25, -0.2) is 17.6 Å². The van der Waals surface area contributed by atoms with E-state index in [4.69, 9.17) is 37.9 Å². The van der Waals surface area contributed by atoms with Crippen LogP contribution in [0, 0.1) is 58.3 Å². The van der Waals surface area contributed by atoms with Gasteiger partial charge in [0.25, 0.3) is 0 Å². The highest BCUT2D eigenvalue weighted by Crippen LogP contribution is 2.47. The van der Waals surface area contributed by atoms with Crippen LogP contribution in [-0.2, 0) is 73.7 Å². The molecule has 740 valence electrons. The first-order chi connectivity index (χ1) is 66.8. The highest BCUT2D eigenvalue weighted by Gasteiger charge is 2.34. The molecule has 0 saturated heterocycles. The third-order valence-electron chi connectivity index (χ3n) is 25.0. The third-order valence-corrected chi connectivity index (χ3v) is 25.0. The van der Waals surface area contributed by atoms with Gasteiger partial charge in [-0.05, 0) is 315 Å². The Morgan fingerprint density at radius 2 is 0.546 bits per heavy atom. The molecule has 12 aromatic rings. The maximum atomic E-state index is 14.9. The second-order valence-electron chi connectivity index (χ2n) is 41.1. The van der Waals surface area contributed by atoms with Crippen molar-refractivity contribution in [1.82, 2.24) is 0 Å². The molecule has 0 aliphatic heterocycles. The first-order valence-electron chi connectivity index (χ1n) is 48.6.